The van der Waals surface area contributed by atoms with Gasteiger partial charge in [0.2, 0.25) is 5.95 Å². The molecule has 0 saturated heterocycles. The van der Waals surface area contributed by atoms with Gasteiger partial charge < -0.3 is 5.32 Å². The van der Waals surface area contributed by atoms with Gasteiger partial charge in [-0.25, -0.2) is 9.97 Å². The van der Waals surface area contributed by atoms with E-state index in [9.17, 15) is 0 Å². The first-order valence-corrected chi connectivity index (χ1v) is 8.50. The molecule has 0 atom stereocenters. The number of anilines is 1. The van der Waals surface area contributed by atoms with Crippen LogP contribution in [0.4, 0.5) is 5.95 Å². The zero-order valence-corrected chi connectivity index (χ0v) is 12.9. The van der Waals surface area contributed by atoms with E-state index in [1.807, 2.05) is 18.5 Å². The van der Waals surface area contributed by atoms with Gasteiger partial charge in [-0.1, -0.05) is 19.3 Å². The fourth-order valence-electron chi connectivity index (χ4n) is 3.31. The molecule has 0 aromatic carbocycles. The van der Waals surface area contributed by atoms with Crippen molar-refractivity contribution in [3.8, 4) is 11.3 Å². The lowest BCUT2D eigenvalue weighted by Crippen LogP contribution is -2.23. The number of aromatic amines is 1. The van der Waals surface area contributed by atoms with Gasteiger partial charge in [0.1, 0.15) is 0 Å². The van der Waals surface area contributed by atoms with E-state index in [4.69, 9.17) is 4.98 Å². The van der Waals surface area contributed by atoms with Crippen LogP contribution in [0.5, 0.6) is 0 Å². The van der Waals surface area contributed by atoms with Crippen LogP contribution in [-0.2, 0) is 6.42 Å². The highest BCUT2D eigenvalue weighted by molar-refractivity contribution is 5.62. The molecular formula is C17H23N5. The Morgan fingerprint density at radius 1 is 1.14 bits per heavy atom. The Morgan fingerprint density at radius 3 is 2.82 bits per heavy atom. The number of hydrogen-bond acceptors (Lipinski definition) is 4. The largest absolute Gasteiger partial charge is 0.351 e. The van der Waals surface area contributed by atoms with E-state index < -0.39 is 0 Å². The molecule has 116 valence electrons. The number of nitrogens with one attached hydrogen (secondary N) is 2. The summed E-state index contributed by atoms with van der Waals surface area (Å²) in [7, 11) is 0. The molecular weight excluding hydrogens is 274 g/mol. The second-order valence-electron chi connectivity index (χ2n) is 6.65. The van der Waals surface area contributed by atoms with E-state index in [2.05, 4.69) is 20.5 Å². The fraction of sp³-hybridized carbons (Fsp3) is 0.588. The Morgan fingerprint density at radius 2 is 2.00 bits per heavy atom. The van der Waals surface area contributed by atoms with Gasteiger partial charge in [-0.05, 0) is 44.1 Å². The molecule has 2 fully saturated rings. The SMILES string of the molecule is c1cc(-c2cn[nH]c2CC2CC2)nc(NC2CCCCC2)n1. The predicted octanol–water partition coefficient (Wildman–Crippen LogP) is 3.56. The third-order valence-corrected chi connectivity index (χ3v) is 4.78. The quantitative estimate of drug-likeness (QED) is 0.885. The Hall–Kier alpha value is -1.91. The highest BCUT2D eigenvalue weighted by Crippen LogP contribution is 2.34. The molecule has 4 rings (SSSR count). The monoisotopic (exact) mass is 297 g/mol. The Balaban J connectivity index is 1.52. The zero-order chi connectivity index (χ0) is 14.8. The molecule has 0 aliphatic heterocycles. The van der Waals surface area contributed by atoms with Crippen molar-refractivity contribution in [3.05, 3.63) is 24.2 Å². The Labute approximate surface area is 131 Å². The summed E-state index contributed by atoms with van der Waals surface area (Å²) >= 11 is 0. The predicted molar refractivity (Wildman–Crippen MR) is 86.5 cm³/mol. The van der Waals surface area contributed by atoms with E-state index in [1.165, 1.54) is 50.6 Å². The van der Waals surface area contributed by atoms with E-state index in [0.29, 0.717) is 6.04 Å². The first-order chi connectivity index (χ1) is 10.9. The molecule has 2 saturated carbocycles. The van der Waals surface area contributed by atoms with Gasteiger partial charge in [0, 0.05) is 23.5 Å². The van der Waals surface area contributed by atoms with Crippen LogP contribution in [0.1, 0.15) is 50.6 Å². The highest BCUT2D eigenvalue weighted by Gasteiger charge is 2.24. The molecule has 0 spiro atoms. The van der Waals surface area contributed by atoms with Crippen LogP contribution in [0.25, 0.3) is 11.3 Å². The van der Waals surface area contributed by atoms with Gasteiger partial charge in [0.15, 0.2) is 0 Å². The molecule has 22 heavy (non-hydrogen) atoms. The lowest BCUT2D eigenvalue weighted by Gasteiger charge is -2.22. The van der Waals surface area contributed by atoms with Crippen LogP contribution < -0.4 is 5.32 Å². The highest BCUT2D eigenvalue weighted by atomic mass is 15.1. The minimum Gasteiger partial charge on any atom is -0.351 e. The smallest absolute Gasteiger partial charge is 0.223 e. The van der Waals surface area contributed by atoms with Gasteiger partial charge >= 0.3 is 0 Å². The van der Waals surface area contributed by atoms with Crippen LogP contribution >= 0.6 is 0 Å². The summed E-state index contributed by atoms with van der Waals surface area (Å²) < 4.78 is 0. The average Bonchev–Trinajstić information content (AvgIpc) is 3.24. The lowest BCUT2D eigenvalue weighted by atomic mass is 9.96. The second-order valence-corrected chi connectivity index (χ2v) is 6.65. The maximum atomic E-state index is 4.72. The summed E-state index contributed by atoms with van der Waals surface area (Å²) in [6.07, 6.45) is 14.0. The molecule has 2 aromatic rings. The van der Waals surface area contributed by atoms with E-state index in [0.717, 1.165) is 29.5 Å². The molecule has 5 nitrogen and oxygen atoms in total. The molecule has 0 bridgehead atoms. The summed E-state index contributed by atoms with van der Waals surface area (Å²) in [6, 6.07) is 2.51. The summed E-state index contributed by atoms with van der Waals surface area (Å²) in [6.45, 7) is 0. The van der Waals surface area contributed by atoms with E-state index >= 15 is 0 Å². The van der Waals surface area contributed by atoms with Gasteiger partial charge in [0.05, 0.1) is 11.9 Å². The summed E-state index contributed by atoms with van der Waals surface area (Å²) in [4.78, 5) is 9.11. The molecule has 0 amide bonds. The molecule has 0 radical (unpaired) electrons. The third-order valence-electron chi connectivity index (χ3n) is 4.78. The summed E-state index contributed by atoms with van der Waals surface area (Å²) in [5.74, 6) is 1.59. The van der Waals surface area contributed by atoms with Crippen molar-refractivity contribution in [1.82, 2.24) is 20.2 Å². The van der Waals surface area contributed by atoms with Gasteiger partial charge in [0.25, 0.3) is 0 Å². The number of rotatable bonds is 5. The summed E-state index contributed by atoms with van der Waals surface area (Å²) in [5, 5.41) is 10.9. The molecule has 5 heteroatoms. The van der Waals surface area contributed by atoms with Crippen molar-refractivity contribution in [2.45, 2.75) is 57.4 Å². The van der Waals surface area contributed by atoms with Crippen LogP contribution in [0, 0.1) is 5.92 Å². The molecule has 2 aromatic heterocycles. The Kier molecular flexibility index (Phi) is 3.79. The molecule has 2 aliphatic rings. The third kappa shape index (κ3) is 3.13. The van der Waals surface area contributed by atoms with Gasteiger partial charge in [-0.2, -0.15) is 5.10 Å². The number of aromatic nitrogens is 4. The van der Waals surface area contributed by atoms with Crippen molar-refractivity contribution in [1.29, 1.82) is 0 Å². The number of hydrogen-bond donors (Lipinski definition) is 2. The van der Waals surface area contributed by atoms with Gasteiger partial charge in [-0.15, -0.1) is 0 Å². The fourth-order valence-corrected chi connectivity index (χ4v) is 3.31. The average molecular weight is 297 g/mol. The number of H-pyrrole nitrogens is 1. The topological polar surface area (TPSA) is 66.5 Å². The van der Waals surface area contributed by atoms with Crippen molar-refractivity contribution in [3.63, 3.8) is 0 Å². The van der Waals surface area contributed by atoms with Crippen molar-refractivity contribution >= 4 is 5.95 Å². The first kappa shape index (κ1) is 13.7. The van der Waals surface area contributed by atoms with Crippen LogP contribution in [0.15, 0.2) is 18.5 Å². The molecule has 2 heterocycles. The normalized spacial score (nSPS) is 19.3. The minimum atomic E-state index is 0.527. The maximum absolute atomic E-state index is 4.72. The van der Waals surface area contributed by atoms with Crippen molar-refractivity contribution < 1.29 is 0 Å². The molecule has 2 aliphatic carbocycles. The Bertz CT molecular complexity index is 625. The standard InChI is InChI=1S/C17H23N5/c1-2-4-13(5-3-1)20-17-18-9-8-15(21-17)14-11-19-22-16(14)10-12-6-7-12/h8-9,11-13H,1-7,10H2,(H,19,22)(H,18,20,21). The number of nitrogens with zero attached hydrogens (tertiary/aromatic N) is 3. The summed E-state index contributed by atoms with van der Waals surface area (Å²) in [5.41, 5.74) is 3.31. The van der Waals surface area contributed by atoms with E-state index in [1.54, 1.807) is 0 Å². The first-order valence-electron chi connectivity index (χ1n) is 8.50. The zero-order valence-electron chi connectivity index (χ0n) is 12.9. The van der Waals surface area contributed by atoms with Crippen molar-refractivity contribution in [2.24, 2.45) is 5.92 Å². The van der Waals surface area contributed by atoms with Crippen molar-refractivity contribution in [2.75, 3.05) is 5.32 Å². The minimum absolute atomic E-state index is 0.527. The molecule has 0 unspecified atom stereocenters. The van der Waals surface area contributed by atoms with Gasteiger partial charge in [-0.3, -0.25) is 5.10 Å². The molecule has 2 N–H and O–H groups in total. The van der Waals surface area contributed by atoms with Crippen LogP contribution in [-0.4, -0.2) is 26.2 Å². The second kappa shape index (κ2) is 6.07. The van der Waals surface area contributed by atoms with Crippen LogP contribution in [0.2, 0.25) is 0 Å². The van der Waals surface area contributed by atoms with E-state index in [-0.39, 0.29) is 0 Å². The van der Waals surface area contributed by atoms with Crippen LogP contribution in [0.3, 0.4) is 0 Å². The maximum Gasteiger partial charge on any atom is 0.223 e. The lowest BCUT2D eigenvalue weighted by molar-refractivity contribution is 0.461.